The van der Waals surface area contributed by atoms with E-state index in [1.807, 2.05) is 51.7 Å². The number of benzene rings is 1. The Bertz CT molecular complexity index is 710. The molecule has 1 atom stereocenters. The third-order valence-corrected chi connectivity index (χ3v) is 5.57. The molecule has 8 nitrogen and oxygen atoms in total. The number of amides is 1. The summed E-state index contributed by atoms with van der Waals surface area (Å²) in [6, 6.07) is 7.19. The summed E-state index contributed by atoms with van der Waals surface area (Å²) >= 11 is 0. The lowest BCUT2D eigenvalue weighted by atomic mass is 9.89. The van der Waals surface area contributed by atoms with Crippen LogP contribution in [0.25, 0.3) is 0 Å². The number of hydrogen-bond donors (Lipinski definition) is 1. The molecule has 1 aromatic carbocycles. The third-order valence-electron chi connectivity index (χ3n) is 5.57. The van der Waals surface area contributed by atoms with Crippen molar-refractivity contribution in [3.8, 4) is 0 Å². The van der Waals surface area contributed by atoms with Crippen molar-refractivity contribution < 1.29 is 14.5 Å². The van der Waals surface area contributed by atoms with Gasteiger partial charge in [0.05, 0.1) is 4.92 Å². The summed E-state index contributed by atoms with van der Waals surface area (Å²) in [5, 5.41) is 14.5. The Morgan fingerprint density at radius 3 is 2.28 bits per heavy atom. The average Bonchev–Trinajstić information content (AvgIpc) is 2.75. The molecule has 1 aromatic rings. The second-order valence-corrected chi connectivity index (χ2v) is 9.02. The standard InChI is InChI=1S/C21H32N4O4.C2H6.CH4/c1-21(2,3)29-20(26)23-11-8-16(9-12-23)14-17-15-24(13-10-22-17)18-4-6-19(7-5-18)25(27)28;1-2;/h4-7,16-17,22H,8-15H2,1-3H3;1-2H3;1H4. The SMILES string of the molecule is C.CC.CC(C)(C)OC(=O)N1CCC(CC2CN(c3ccc([N+](=O)[O-])cc3)CCN2)CC1. The number of nitro benzene ring substituents is 1. The Kier molecular flexibility index (Phi) is 10.9. The maximum atomic E-state index is 12.2. The lowest BCUT2D eigenvalue weighted by Crippen LogP contribution is -2.52. The van der Waals surface area contributed by atoms with E-state index in [2.05, 4.69) is 10.2 Å². The van der Waals surface area contributed by atoms with Gasteiger partial charge in [-0.3, -0.25) is 10.1 Å². The molecule has 0 aliphatic carbocycles. The molecule has 2 saturated heterocycles. The van der Waals surface area contributed by atoms with Gasteiger partial charge in [0.1, 0.15) is 5.60 Å². The number of ether oxygens (including phenoxy) is 1. The molecule has 8 heteroatoms. The number of likely N-dealkylation sites (tertiary alicyclic amines) is 1. The Labute approximate surface area is 193 Å². The van der Waals surface area contributed by atoms with Crippen molar-refractivity contribution in [2.75, 3.05) is 37.6 Å². The van der Waals surface area contributed by atoms with Gasteiger partial charge in [0.25, 0.3) is 5.69 Å². The number of rotatable bonds is 4. The minimum Gasteiger partial charge on any atom is -0.444 e. The van der Waals surface area contributed by atoms with Crippen molar-refractivity contribution in [2.24, 2.45) is 5.92 Å². The highest BCUT2D eigenvalue weighted by Gasteiger charge is 2.29. The molecule has 0 aromatic heterocycles. The van der Waals surface area contributed by atoms with Crippen molar-refractivity contribution >= 4 is 17.5 Å². The number of carbonyl (C=O) groups is 1. The molecular formula is C24H42N4O4. The van der Waals surface area contributed by atoms with Gasteiger partial charge in [-0.05, 0) is 58.1 Å². The fraction of sp³-hybridized carbons (Fsp3) is 0.708. The van der Waals surface area contributed by atoms with Gasteiger partial charge in [-0.1, -0.05) is 21.3 Å². The van der Waals surface area contributed by atoms with Crippen LogP contribution in [0.5, 0.6) is 0 Å². The Hall–Kier alpha value is -2.35. The van der Waals surface area contributed by atoms with Crippen LogP contribution in [0.2, 0.25) is 0 Å². The molecule has 1 amide bonds. The van der Waals surface area contributed by atoms with Gasteiger partial charge in [0.2, 0.25) is 0 Å². The Morgan fingerprint density at radius 2 is 1.75 bits per heavy atom. The smallest absolute Gasteiger partial charge is 0.410 e. The van der Waals surface area contributed by atoms with E-state index in [1.165, 1.54) is 0 Å². The second kappa shape index (κ2) is 12.6. The highest BCUT2D eigenvalue weighted by Crippen LogP contribution is 2.26. The first-order valence-electron chi connectivity index (χ1n) is 11.4. The molecule has 182 valence electrons. The van der Waals surface area contributed by atoms with E-state index < -0.39 is 5.60 Å². The predicted octanol–water partition coefficient (Wildman–Crippen LogP) is 5.07. The number of nitrogens with one attached hydrogen (secondary N) is 1. The quantitative estimate of drug-likeness (QED) is 0.509. The largest absolute Gasteiger partial charge is 0.444 e. The zero-order chi connectivity index (χ0) is 23.0. The Morgan fingerprint density at radius 1 is 1.16 bits per heavy atom. The molecule has 0 bridgehead atoms. The maximum Gasteiger partial charge on any atom is 0.410 e. The summed E-state index contributed by atoms with van der Waals surface area (Å²) in [6.45, 7) is 13.9. The molecule has 1 unspecified atom stereocenters. The molecule has 1 N–H and O–H groups in total. The zero-order valence-electron chi connectivity index (χ0n) is 19.6. The third kappa shape index (κ3) is 8.30. The highest BCUT2D eigenvalue weighted by atomic mass is 16.6. The monoisotopic (exact) mass is 450 g/mol. The molecule has 2 aliphatic rings. The molecular weight excluding hydrogens is 408 g/mol. The van der Waals surface area contributed by atoms with Gasteiger partial charge in [0, 0.05) is 56.6 Å². The fourth-order valence-corrected chi connectivity index (χ4v) is 4.08. The van der Waals surface area contributed by atoms with Crippen LogP contribution in [0.1, 0.15) is 61.3 Å². The van der Waals surface area contributed by atoms with Gasteiger partial charge in [0.15, 0.2) is 0 Å². The maximum absolute atomic E-state index is 12.2. The predicted molar refractivity (Wildman–Crippen MR) is 130 cm³/mol. The first kappa shape index (κ1) is 27.7. The van der Waals surface area contributed by atoms with Crippen molar-refractivity contribution in [2.45, 2.75) is 73.0 Å². The lowest BCUT2D eigenvalue weighted by molar-refractivity contribution is -0.384. The highest BCUT2D eigenvalue weighted by molar-refractivity contribution is 5.68. The molecule has 0 saturated carbocycles. The molecule has 2 fully saturated rings. The lowest BCUT2D eigenvalue weighted by Gasteiger charge is -2.39. The molecule has 32 heavy (non-hydrogen) atoms. The average molecular weight is 451 g/mol. The van der Waals surface area contributed by atoms with Crippen LogP contribution in [-0.2, 0) is 4.74 Å². The van der Waals surface area contributed by atoms with E-state index in [0.717, 1.165) is 57.7 Å². The number of non-ortho nitro benzene ring substituents is 1. The zero-order valence-corrected chi connectivity index (χ0v) is 19.6. The first-order chi connectivity index (χ1) is 14.7. The molecule has 3 rings (SSSR count). The van der Waals surface area contributed by atoms with E-state index in [0.29, 0.717) is 12.0 Å². The van der Waals surface area contributed by atoms with Crippen LogP contribution in [0.4, 0.5) is 16.2 Å². The number of carbonyl (C=O) groups excluding carboxylic acids is 1. The van der Waals surface area contributed by atoms with Crippen molar-refractivity contribution in [1.29, 1.82) is 0 Å². The van der Waals surface area contributed by atoms with Crippen LogP contribution in [0.15, 0.2) is 24.3 Å². The van der Waals surface area contributed by atoms with Crippen LogP contribution in [-0.4, -0.2) is 60.3 Å². The normalized spacial score (nSPS) is 19.3. The number of piperazine rings is 1. The molecule has 2 heterocycles. The first-order valence-corrected chi connectivity index (χ1v) is 11.4. The topological polar surface area (TPSA) is 88.0 Å². The van der Waals surface area contributed by atoms with E-state index in [-0.39, 0.29) is 24.1 Å². The summed E-state index contributed by atoms with van der Waals surface area (Å²) in [6.07, 6.45) is 2.85. The van der Waals surface area contributed by atoms with Gasteiger partial charge in [-0.15, -0.1) is 0 Å². The van der Waals surface area contributed by atoms with Gasteiger partial charge in [-0.25, -0.2) is 4.79 Å². The fourth-order valence-electron chi connectivity index (χ4n) is 4.08. The molecule has 0 spiro atoms. The summed E-state index contributed by atoms with van der Waals surface area (Å²) < 4.78 is 5.47. The minimum atomic E-state index is -0.457. The number of hydrogen-bond acceptors (Lipinski definition) is 6. The Balaban J connectivity index is 0.00000166. The van der Waals surface area contributed by atoms with E-state index in [4.69, 9.17) is 4.74 Å². The van der Waals surface area contributed by atoms with E-state index >= 15 is 0 Å². The summed E-state index contributed by atoms with van der Waals surface area (Å²) in [7, 11) is 0. The van der Waals surface area contributed by atoms with Gasteiger partial charge >= 0.3 is 6.09 Å². The van der Waals surface area contributed by atoms with E-state index in [1.54, 1.807) is 12.1 Å². The van der Waals surface area contributed by atoms with Gasteiger partial charge in [-0.2, -0.15) is 0 Å². The van der Waals surface area contributed by atoms with Crippen molar-refractivity contribution in [3.05, 3.63) is 34.4 Å². The second-order valence-electron chi connectivity index (χ2n) is 9.02. The van der Waals surface area contributed by atoms with E-state index in [9.17, 15) is 14.9 Å². The van der Waals surface area contributed by atoms with Crippen LogP contribution < -0.4 is 10.2 Å². The summed E-state index contributed by atoms with van der Waals surface area (Å²) in [5.41, 5.74) is 0.695. The minimum absolute atomic E-state index is 0. The van der Waals surface area contributed by atoms with Crippen molar-refractivity contribution in [1.82, 2.24) is 10.2 Å². The van der Waals surface area contributed by atoms with Gasteiger partial charge < -0.3 is 19.9 Å². The van der Waals surface area contributed by atoms with Crippen LogP contribution in [0, 0.1) is 16.0 Å². The molecule has 0 radical (unpaired) electrons. The number of nitro groups is 1. The van der Waals surface area contributed by atoms with Crippen LogP contribution >= 0.6 is 0 Å². The molecule has 2 aliphatic heterocycles. The van der Waals surface area contributed by atoms with Crippen molar-refractivity contribution in [3.63, 3.8) is 0 Å². The summed E-state index contributed by atoms with van der Waals surface area (Å²) in [5.74, 6) is 0.586. The number of anilines is 1. The number of nitrogens with zero attached hydrogens (tertiary/aromatic N) is 3. The number of piperidine rings is 1. The summed E-state index contributed by atoms with van der Waals surface area (Å²) in [4.78, 5) is 26.8. The van der Waals surface area contributed by atoms with Crippen LogP contribution in [0.3, 0.4) is 0 Å².